The van der Waals surface area contributed by atoms with Crippen LogP contribution in [0.5, 0.6) is 0 Å². The fraction of sp³-hybridized carbons (Fsp3) is 1.00. The molecule has 1 saturated heterocycles. The Morgan fingerprint density at radius 1 is 1.00 bits per heavy atom. The topological polar surface area (TPSA) is 29.3 Å². The van der Waals surface area contributed by atoms with Gasteiger partial charge in [0.25, 0.3) is 0 Å². The second-order valence-corrected chi connectivity index (χ2v) is 6.36. The number of hydrogen-bond acceptors (Lipinski definition) is 2. The van der Waals surface area contributed by atoms with Crippen LogP contribution in [0.3, 0.4) is 0 Å². The summed E-state index contributed by atoms with van der Waals surface area (Å²) < 4.78 is 0. The Hall–Kier alpha value is -0.0800. The predicted molar refractivity (Wildman–Crippen MR) is 85.4 cm³/mol. The van der Waals surface area contributed by atoms with Crippen LogP contribution in [-0.2, 0) is 0 Å². The standard InChI is InChI=1S/C17H36N2/c1-3-5-6-7-8-10-17(15-18)19-13-11-16(9-4-2)12-14-19/h16-17H,3-15,18H2,1-2H3. The maximum atomic E-state index is 6.00. The first-order chi connectivity index (χ1) is 9.31. The average molecular weight is 268 g/mol. The van der Waals surface area contributed by atoms with E-state index in [2.05, 4.69) is 18.7 Å². The highest BCUT2D eigenvalue weighted by molar-refractivity contribution is 4.79. The van der Waals surface area contributed by atoms with Crippen molar-refractivity contribution in [3.8, 4) is 0 Å². The summed E-state index contributed by atoms with van der Waals surface area (Å²) in [5.41, 5.74) is 6.00. The van der Waals surface area contributed by atoms with E-state index in [0.29, 0.717) is 6.04 Å². The van der Waals surface area contributed by atoms with E-state index >= 15 is 0 Å². The zero-order valence-electron chi connectivity index (χ0n) is 13.4. The molecule has 1 atom stereocenters. The zero-order chi connectivity index (χ0) is 13.9. The van der Waals surface area contributed by atoms with Gasteiger partial charge >= 0.3 is 0 Å². The normalized spacial score (nSPS) is 19.7. The summed E-state index contributed by atoms with van der Waals surface area (Å²) in [7, 11) is 0. The van der Waals surface area contributed by atoms with E-state index in [-0.39, 0.29) is 0 Å². The van der Waals surface area contributed by atoms with Gasteiger partial charge in [0.2, 0.25) is 0 Å². The molecule has 19 heavy (non-hydrogen) atoms. The molecular weight excluding hydrogens is 232 g/mol. The highest BCUT2D eigenvalue weighted by Crippen LogP contribution is 2.24. The molecule has 0 aromatic rings. The Morgan fingerprint density at radius 3 is 2.26 bits per heavy atom. The van der Waals surface area contributed by atoms with Crippen LogP contribution in [0.4, 0.5) is 0 Å². The number of nitrogens with two attached hydrogens (primary N) is 1. The van der Waals surface area contributed by atoms with Crippen molar-refractivity contribution in [2.75, 3.05) is 19.6 Å². The van der Waals surface area contributed by atoms with Gasteiger partial charge in [-0.05, 0) is 38.3 Å². The van der Waals surface area contributed by atoms with Crippen LogP contribution in [-0.4, -0.2) is 30.6 Å². The SMILES string of the molecule is CCCCCCCC(CN)N1CCC(CCC)CC1. The van der Waals surface area contributed by atoms with Gasteiger partial charge in [-0.1, -0.05) is 58.8 Å². The lowest BCUT2D eigenvalue weighted by atomic mass is 9.91. The molecule has 0 aromatic heterocycles. The lowest BCUT2D eigenvalue weighted by Crippen LogP contribution is -2.45. The Labute approximate surface area is 121 Å². The van der Waals surface area contributed by atoms with E-state index in [1.54, 1.807) is 0 Å². The number of hydrogen-bond donors (Lipinski definition) is 1. The molecule has 0 aliphatic carbocycles. The molecule has 0 amide bonds. The Balaban J connectivity index is 2.16. The molecule has 0 aromatic carbocycles. The van der Waals surface area contributed by atoms with Gasteiger partial charge in [-0.15, -0.1) is 0 Å². The quantitative estimate of drug-likeness (QED) is 0.602. The lowest BCUT2D eigenvalue weighted by Gasteiger charge is -2.37. The summed E-state index contributed by atoms with van der Waals surface area (Å²) in [6.07, 6.45) is 13.8. The average Bonchev–Trinajstić information content (AvgIpc) is 2.44. The highest BCUT2D eigenvalue weighted by Gasteiger charge is 2.23. The molecule has 0 spiro atoms. The monoisotopic (exact) mass is 268 g/mol. The second kappa shape index (κ2) is 10.7. The van der Waals surface area contributed by atoms with Gasteiger partial charge < -0.3 is 5.73 Å². The summed E-state index contributed by atoms with van der Waals surface area (Å²) in [6, 6.07) is 0.657. The highest BCUT2D eigenvalue weighted by atomic mass is 15.2. The van der Waals surface area contributed by atoms with Crippen LogP contribution in [0.15, 0.2) is 0 Å². The van der Waals surface area contributed by atoms with E-state index in [4.69, 9.17) is 5.73 Å². The molecular formula is C17H36N2. The number of piperidine rings is 1. The van der Waals surface area contributed by atoms with Gasteiger partial charge in [0, 0.05) is 12.6 Å². The molecule has 1 aliphatic heterocycles. The number of rotatable bonds is 10. The van der Waals surface area contributed by atoms with Crippen molar-refractivity contribution in [1.82, 2.24) is 4.90 Å². The predicted octanol–water partition coefficient (Wildman–Crippen LogP) is 4.19. The molecule has 0 radical (unpaired) electrons. The van der Waals surface area contributed by atoms with E-state index < -0.39 is 0 Å². The van der Waals surface area contributed by atoms with E-state index in [1.165, 1.54) is 77.3 Å². The van der Waals surface area contributed by atoms with Crippen molar-refractivity contribution in [3.05, 3.63) is 0 Å². The third-order valence-electron chi connectivity index (χ3n) is 4.78. The number of likely N-dealkylation sites (tertiary alicyclic amines) is 1. The summed E-state index contributed by atoms with van der Waals surface area (Å²) in [6.45, 7) is 8.03. The summed E-state index contributed by atoms with van der Waals surface area (Å²) in [4.78, 5) is 2.67. The first kappa shape index (κ1) is 17.0. The van der Waals surface area contributed by atoms with Crippen molar-refractivity contribution in [2.24, 2.45) is 11.7 Å². The molecule has 1 heterocycles. The van der Waals surface area contributed by atoms with Crippen LogP contribution in [0.1, 0.15) is 78.1 Å². The largest absolute Gasteiger partial charge is 0.329 e. The third-order valence-corrected chi connectivity index (χ3v) is 4.78. The maximum absolute atomic E-state index is 6.00. The third kappa shape index (κ3) is 6.76. The summed E-state index contributed by atoms with van der Waals surface area (Å²) in [5, 5.41) is 0. The molecule has 1 unspecified atom stereocenters. The van der Waals surface area contributed by atoms with E-state index in [0.717, 1.165) is 12.5 Å². The molecule has 1 fully saturated rings. The minimum Gasteiger partial charge on any atom is -0.329 e. The van der Waals surface area contributed by atoms with Crippen molar-refractivity contribution >= 4 is 0 Å². The molecule has 1 rings (SSSR count). The van der Waals surface area contributed by atoms with Gasteiger partial charge in [0.05, 0.1) is 0 Å². The van der Waals surface area contributed by atoms with Crippen molar-refractivity contribution in [1.29, 1.82) is 0 Å². The first-order valence-corrected chi connectivity index (χ1v) is 8.75. The second-order valence-electron chi connectivity index (χ2n) is 6.36. The molecule has 0 bridgehead atoms. The minimum atomic E-state index is 0.657. The van der Waals surface area contributed by atoms with E-state index in [1.807, 2.05) is 0 Å². The fourth-order valence-electron chi connectivity index (χ4n) is 3.45. The van der Waals surface area contributed by atoms with Crippen LogP contribution < -0.4 is 5.73 Å². The number of nitrogens with zero attached hydrogens (tertiary/aromatic N) is 1. The molecule has 2 nitrogen and oxygen atoms in total. The fourth-order valence-corrected chi connectivity index (χ4v) is 3.45. The molecule has 0 saturated carbocycles. The van der Waals surface area contributed by atoms with Gasteiger partial charge in [-0.2, -0.15) is 0 Å². The van der Waals surface area contributed by atoms with Crippen LogP contribution in [0.2, 0.25) is 0 Å². The summed E-state index contributed by atoms with van der Waals surface area (Å²) >= 11 is 0. The number of unbranched alkanes of at least 4 members (excludes halogenated alkanes) is 4. The molecule has 2 heteroatoms. The van der Waals surface area contributed by atoms with Gasteiger partial charge in [0.15, 0.2) is 0 Å². The Bertz CT molecular complexity index is 197. The smallest absolute Gasteiger partial charge is 0.0218 e. The summed E-state index contributed by atoms with van der Waals surface area (Å²) in [5.74, 6) is 0.990. The maximum Gasteiger partial charge on any atom is 0.0218 e. The Morgan fingerprint density at radius 2 is 1.68 bits per heavy atom. The molecule has 2 N–H and O–H groups in total. The van der Waals surface area contributed by atoms with E-state index in [9.17, 15) is 0 Å². The van der Waals surface area contributed by atoms with Gasteiger partial charge in [0.1, 0.15) is 0 Å². The van der Waals surface area contributed by atoms with Crippen molar-refractivity contribution in [2.45, 2.75) is 84.1 Å². The van der Waals surface area contributed by atoms with Crippen molar-refractivity contribution in [3.63, 3.8) is 0 Å². The van der Waals surface area contributed by atoms with Gasteiger partial charge in [-0.25, -0.2) is 0 Å². The zero-order valence-corrected chi connectivity index (χ0v) is 13.4. The van der Waals surface area contributed by atoms with Crippen LogP contribution in [0, 0.1) is 5.92 Å². The minimum absolute atomic E-state index is 0.657. The molecule has 1 aliphatic rings. The molecule has 114 valence electrons. The van der Waals surface area contributed by atoms with Crippen LogP contribution in [0.25, 0.3) is 0 Å². The first-order valence-electron chi connectivity index (χ1n) is 8.75. The van der Waals surface area contributed by atoms with Crippen LogP contribution >= 0.6 is 0 Å². The van der Waals surface area contributed by atoms with Gasteiger partial charge in [-0.3, -0.25) is 4.90 Å². The lowest BCUT2D eigenvalue weighted by molar-refractivity contribution is 0.124. The van der Waals surface area contributed by atoms with Crippen molar-refractivity contribution < 1.29 is 0 Å². The Kier molecular flexibility index (Phi) is 9.54.